The molecule has 1 N–H and O–H groups in total. The first kappa shape index (κ1) is 20.2. The molecule has 9 heteroatoms. The number of thiazole rings is 1. The second-order valence-electron chi connectivity index (χ2n) is 5.87. The van der Waals surface area contributed by atoms with Gasteiger partial charge in [-0.05, 0) is 19.4 Å². The molecule has 1 aliphatic rings. The largest absolute Gasteiger partial charge is 0.338 e. The van der Waals surface area contributed by atoms with Crippen LogP contribution in [0.25, 0.3) is 4.96 Å². The van der Waals surface area contributed by atoms with Crippen LogP contribution >= 0.6 is 35.5 Å². The summed E-state index contributed by atoms with van der Waals surface area (Å²) < 4.78 is 1.54. The number of halogens is 1. The van der Waals surface area contributed by atoms with Gasteiger partial charge in [-0.2, -0.15) is 0 Å². The summed E-state index contributed by atoms with van der Waals surface area (Å²) in [5, 5.41) is 5.17. The summed E-state index contributed by atoms with van der Waals surface area (Å²) in [6.45, 7) is 4.79. The lowest BCUT2D eigenvalue weighted by Gasteiger charge is -2.28. The van der Waals surface area contributed by atoms with Crippen LogP contribution in [0.15, 0.2) is 22.4 Å². The number of fused-ring (bicyclic) bond motifs is 1. The Hall–Kier alpha value is -1.09. The van der Waals surface area contributed by atoms with E-state index in [9.17, 15) is 9.59 Å². The van der Waals surface area contributed by atoms with Gasteiger partial charge in [-0.3, -0.25) is 14.0 Å². The minimum Gasteiger partial charge on any atom is -0.338 e. The van der Waals surface area contributed by atoms with Gasteiger partial charge < -0.3 is 10.2 Å². The van der Waals surface area contributed by atoms with Gasteiger partial charge in [0.1, 0.15) is 0 Å². The molecule has 0 saturated carbocycles. The zero-order valence-corrected chi connectivity index (χ0v) is 16.6. The van der Waals surface area contributed by atoms with Crippen LogP contribution in [0.1, 0.15) is 25.5 Å². The van der Waals surface area contributed by atoms with Crippen LogP contribution in [-0.2, 0) is 10.5 Å². The van der Waals surface area contributed by atoms with Gasteiger partial charge in [-0.25, -0.2) is 4.98 Å². The minimum atomic E-state index is -0.0622. The molecule has 1 saturated heterocycles. The van der Waals surface area contributed by atoms with E-state index in [0.29, 0.717) is 22.5 Å². The van der Waals surface area contributed by atoms with E-state index in [2.05, 4.69) is 17.2 Å². The number of nitrogens with one attached hydrogen (secondary N) is 1. The van der Waals surface area contributed by atoms with Crippen LogP contribution in [-0.4, -0.2) is 51.6 Å². The Morgan fingerprint density at radius 2 is 2.40 bits per heavy atom. The van der Waals surface area contributed by atoms with Crippen molar-refractivity contribution in [2.75, 3.05) is 25.4 Å². The van der Waals surface area contributed by atoms with Gasteiger partial charge in [0.2, 0.25) is 5.91 Å². The molecule has 1 aliphatic heterocycles. The highest BCUT2D eigenvalue weighted by Gasteiger charge is 2.25. The van der Waals surface area contributed by atoms with Gasteiger partial charge in [0.25, 0.3) is 5.56 Å². The van der Waals surface area contributed by atoms with Crippen molar-refractivity contribution in [1.82, 2.24) is 19.6 Å². The average Bonchev–Trinajstić information content (AvgIpc) is 3.24. The fourth-order valence-electron chi connectivity index (χ4n) is 2.94. The number of nitrogens with zero attached hydrogens (tertiary/aromatic N) is 3. The van der Waals surface area contributed by atoms with Crippen LogP contribution in [0.5, 0.6) is 0 Å². The highest BCUT2D eigenvalue weighted by Crippen LogP contribution is 2.16. The predicted octanol–water partition coefficient (Wildman–Crippen LogP) is 2.01. The number of thioether (sulfide) groups is 1. The first-order valence-electron chi connectivity index (χ1n) is 8.22. The molecule has 0 aliphatic carbocycles. The molecular weight excluding hydrogens is 380 g/mol. The van der Waals surface area contributed by atoms with Crippen molar-refractivity contribution in [2.45, 2.75) is 31.6 Å². The number of aromatic nitrogens is 2. The molecule has 0 aromatic carbocycles. The van der Waals surface area contributed by atoms with Gasteiger partial charge in [0, 0.05) is 42.5 Å². The number of carbonyl (C=O) groups excluding carboxylic acids is 1. The fourth-order valence-corrected chi connectivity index (χ4v) is 4.48. The predicted molar refractivity (Wildman–Crippen MR) is 106 cm³/mol. The number of carbonyl (C=O) groups is 1. The molecule has 1 atom stereocenters. The highest BCUT2D eigenvalue weighted by molar-refractivity contribution is 7.99. The van der Waals surface area contributed by atoms with E-state index >= 15 is 0 Å². The number of amides is 1. The van der Waals surface area contributed by atoms with Gasteiger partial charge in [0.05, 0.1) is 11.4 Å². The Morgan fingerprint density at radius 1 is 1.56 bits per heavy atom. The Kier molecular flexibility index (Phi) is 7.74. The number of hydrogen-bond donors (Lipinski definition) is 1. The molecule has 3 heterocycles. The molecular formula is C16H23ClN4O2S2. The quantitative estimate of drug-likeness (QED) is 0.767. The van der Waals surface area contributed by atoms with Crippen molar-refractivity contribution in [2.24, 2.45) is 0 Å². The third kappa shape index (κ3) is 4.97. The molecule has 25 heavy (non-hydrogen) atoms. The molecule has 0 bridgehead atoms. The van der Waals surface area contributed by atoms with Crippen molar-refractivity contribution < 1.29 is 4.79 Å². The van der Waals surface area contributed by atoms with Crippen LogP contribution in [0, 0.1) is 0 Å². The molecule has 138 valence electrons. The molecule has 0 spiro atoms. The molecule has 2 aromatic heterocycles. The lowest BCUT2D eigenvalue weighted by atomic mass is 10.2. The van der Waals surface area contributed by atoms with Crippen molar-refractivity contribution in [3.8, 4) is 0 Å². The first-order valence-corrected chi connectivity index (χ1v) is 10.3. The van der Waals surface area contributed by atoms with Crippen molar-refractivity contribution in [1.29, 1.82) is 0 Å². The summed E-state index contributed by atoms with van der Waals surface area (Å²) in [6.07, 6.45) is 3.73. The van der Waals surface area contributed by atoms with Crippen molar-refractivity contribution in [3.63, 3.8) is 0 Å². The normalized spacial score (nSPS) is 16.8. The molecule has 0 radical (unpaired) electrons. The van der Waals surface area contributed by atoms with Gasteiger partial charge >= 0.3 is 0 Å². The van der Waals surface area contributed by atoms with E-state index in [0.717, 1.165) is 38.2 Å². The average molecular weight is 403 g/mol. The lowest BCUT2D eigenvalue weighted by Crippen LogP contribution is -2.43. The van der Waals surface area contributed by atoms with Crippen LogP contribution in [0.3, 0.4) is 0 Å². The van der Waals surface area contributed by atoms with E-state index in [1.165, 1.54) is 23.1 Å². The van der Waals surface area contributed by atoms with Crippen molar-refractivity contribution in [3.05, 3.63) is 33.7 Å². The van der Waals surface area contributed by atoms with Crippen LogP contribution in [0.4, 0.5) is 0 Å². The number of rotatable bonds is 7. The van der Waals surface area contributed by atoms with Gasteiger partial charge in [-0.15, -0.1) is 35.5 Å². The summed E-state index contributed by atoms with van der Waals surface area (Å²) >= 11 is 2.97. The maximum Gasteiger partial charge on any atom is 0.258 e. The maximum absolute atomic E-state index is 12.5. The Morgan fingerprint density at radius 3 is 3.12 bits per heavy atom. The monoisotopic (exact) mass is 402 g/mol. The van der Waals surface area contributed by atoms with Gasteiger partial charge in [0.15, 0.2) is 4.96 Å². The third-order valence-electron chi connectivity index (χ3n) is 4.09. The Balaban J connectivity index is 0.00000225. The zero-order chi connectivity index (χ0) is 16.9. The van der Waals surface area contributed by atoms with E-state index in [4.69, 9.17) is 0 Å². The maximum atomic E-state index is 12.5. The molecule has 1 unspecified atom stereocenters. The molecule has 1 fully saturated rings. The third-order valence-corrected chi connectivity index (χ3v) is 5.80. The zero-order valence-electron chi connectivity index (χ0n) is 14.1. The second kappa shape index (κ2) is 9.56. The van der Waals surface area contributed by atoms with Gasteiger partial charge in [-0.1, -0.05) is 6.92 Å². The Bertz CT molecular complexity index is 758. The molecule has 6 nitrogen and oxygen atoms in total. The Labute approximate surface area is 161 Å². The standard InChI is InChI=1S/C16H22N4O2S2.ClH/c1-2-5-19(13-3-4-17-9-13)15(22)11-23-10-12-8-14(21)20-6-7-24-16(20)18-12;/h6-8,13,17H,2-5,9-11H2,1H3;1H. The van der Waals surface area contributed by atoms with E-state index < -0.39 is 0 Å². The highest BCUT2D eigenvalue weighted by atomic mass is 35.5. The number of hydrogen-bond acceptors (Lipinski definition) is 6. The summed E-state index contributed by atoms with van der Waals surface area (Å²) in [7, 11) is 0. The summed E-state index contributed by atoms with van der Waals surface area (Å²) in [4.78, 5) is 31.7. The topological polar surface area (TPSA) is 66.7 Å². The van der Waals surface area contributed by atoms with Crippen LogP contribution < -0.4 is 10.9 Å². The van der Waals surface area contributed by atoms with E-state index in [-0.39, 0.29) is 23.9 Å². The fraction of sp³-hybridized carbons (Fsp3) is 0.562. The summed E-state index contributed by atoms with van der Waals surface area (Å²) in [5.41, 5.74) is 0.678. The molecule has 2 aromatic rings. The molecule has 3 rings (SSSR count). The molecule has 1 amide bonds. The SMILES string of the molecule is CCCN(C(=O)CSCc1cc(=O)n2ccsc2n1)C1CCNC1.Cl. The van der Waals surface area contributed by atoms with Crippen molar-refractivity contribution >= 4 is 46.4 Å². The lowest BCUT2D eigenvalue weighted by molar-refractivity contribution is -0.130. The van der Waals surface area contributed by atoms with E-state index in [1.807, 2.05) is 10.3 Å². The summed E-state index contributed by atoms with van der Waals surface area (Å²) in [5.74, 6) is 1.20. The van der Waals surface area contributed by atoms with E-state index in [1.54, 1.807) is 16.7 Å². The summed E-state index contributed by atoms with van der Waals surface area (Å²) in [6, 6.07) is 1.88. The van der Waals surface area contributed by atoms with Crippen LogP contribution in [0.2, 0.25) is 0 Å². The minimum absolute atomic E-state index is 0. The second-order valence-corrected chi connectivity index (χ2v) is 7.73. The first-order chi connectivity index (χ1) is 11.7. The smallest absolute Gasteiger partial charge is 0.258 e.